The Bertz CT molecular complexity index is 590. The van der Waals surface area contributed by atoms with Crippen molar-refractivity contribution in [2.75, 3.05) is 13.2 Å². The van der Waals surface area contributed by atoms with Gasteiger partial charge in [0.05, 0.1) is 18.7 Å². The Morgan fingerprint density at radius 2 is 1.87 bits per heavy atom. The molecule has 2 amide bonds. The zero-order valence-electron chi connectivity index (χ0n) is 14.4. The first-order valence-corrected chi connectivity index (χ1v) is 7.66. The van der Waals surface area contributed by atoms with Gasteiger partial charge in [0, 0.05) is 17.4 Å². The fourth-order valence-corrected chi connectivity index (χ4v) is 2.21. The number of hydrogen-bond donors (Lipinski definition) is 2. The van der Waals surface area contributed by atoms with Gasteiger partial charge in [-0.15, -0.1) is 0 Å². The van der Waals surface area contributed by atoms with Gasteiger partial charge in [-0.2, -0.15) is 0 Å². The molecule has 0 bridgehead atoms. The highest BCUT2D eigenvalue weighted by atomic mass is 16.5. The van der Waals surface area contributed by atoms with E-state index < -0.39 is 5.97 Å². The van der Waals surface area contributed by atoms with Crippen molar-refractivity contribution in [1.29, 1.82) is 0 Å². The average molecular weight is 323 g/mol. The van der Waals surface area contributed by atoms with Crippen LogP contribution in [0.3, 0.4) is 0 Å². The third kappa shape index (κ3) is 5.43. The molecule has 0 atom stereocenters. The standard InChI is InChI=1S/C16H25N3O4/c1-6-23-16(22)13-7-11(4)19(12(13)5)9-15(21)17-8-14(20)18-10(2)3/h7,10H,6,8-9H2,1-5H3,(H,17,21)(H,18,20). The molecule has 0 saturated heterocycles. The van der Waals surface area contributed by atoms with Gasteiger partial charge in [-0.05, 0) is 40.7 Å². The molecule has 0 spiro atoms. The Hall–Kier alpha value is -2.31. The van der Waals surface area contributed by atoms with Crippen molar-refractivity contribution >= 4 is 17.8 Å². The third-order valence-electron chi connectivity index (χ3n) is 3.27. The maximum atomic E-state index is 12.0. The average Bonchev–Trinajstić information content (AvgIpc) is 2.73. The van der Waals surface area contributed by atoms with E-state index in [-0.39, 0.29) is 30.9 Å². The highest BCUT2D eigenvalue weighted by Crippen LogP contribution is 2.16. The maximum Gasteiger partial charge on any atom is 0.339 e. The Labute approximate surface area is 136 Å². The van der Waals surface area contributed by atoms with Crippen LogP contribution in [-0.2, 0) is 20.9 Å². The molecule has 128 valence electrons. The summed E-state index contributed by atoms with van der Waals surface area (Å²) in [7, 11) is 0. The summed E-state index contributed by atoms with van der Waals surface area (Å²) >= 11 is 0. The topological polar surface area (TPSA) is 89.4 Å². The van der Waals surface area contributed by atoms with Crippen LogP contribution in [0.2, 0.25) is 0 Å². The molecule has 0 saturated carbocycles. The molecule has 1 aromatic rings. The summed E-state index contributed by atoms with van der Waals surface area (Å²) in [5.41, 5.74) is 1.91. The molecule has 0 unspecified atom stereocenters. The first-order valence-electron chi connectivity index (χ1n) is 7.66. The minimum Gasteiger partial charge on any atom is -0.462 e. The molecule has 0 fully saturated rings. The Morgan fingerprint density at radius 1 is 1.22 bits per heavy atom. The molecule has 7 heteroatoms. The Kier molecular flexibility index (Phi) is 6.81. The van der Waals surface area contributed by atoms with Crippen molar-refractivity contribution in [3.63, 3.8) is 0 Å². The number of rotatable bonds is 7. The second kappa shape index (κ2) is 8.36. The minimum absolute atomic E-state index is 0.0282. The van der Waals surface area contributed by atoms with Gasteiger partial charge < -0.3 is 19.9 Å². The van der Waals surface area contributed by atoms with Crippen LogP contribution in [-0.4, -0.2) is 41.5 Å². The third-order valence-corrected chi connectivity index (χ3v) is 3.27. The van der Waals surface area contributed by atoms with E-state index in [0.29, 0.717) is 17.9 Å². The number of nitrogens with zero attached hydrogens (tertiary/aromatic N) is 1. The number of esters is 1. The monoisotopic (exact) mass is 323 g/mol. The van der Waals surface area contributed by atoms with Crippen molar-refractivity contribution in [2.45, 2.75) is 47.2 Å². The number of ether oxygens (including phenoxy) is 1. The van der Waals surface area contributed by atoms with Crippen molar-refractivity contribution in [2.24, 2.45) is 0 Å². The van der Waals surface area contributed by atoms with Crippen LogP contribution < -0.4 is 10.6 Å². The molecule has 7 nitrogen and oxygen atoms in total. The Balaban J connectivity index is 2.68. The lowest BCUT2D eigenvalue weighted by Gasteiger charge is -2.11. The number of carbonyl (C=O) groups excluding carboxylic acids is 3. The highest BCUT2D eigenvalue weighted by molar-refractivity contribution is 5.91. The first kappa shape index (κ1) is 18.7. The quantitative estimate of drug-likeness (QED) is 0.730. The lowest BCUT2D eigenvalue weighted by molar-refractivity contribution is -0.126. The van der Waals surface area contributed by atoms with E-state index in [2.05, 4.69) is 10.6 Å². The predicted octanol–water partition coefficient (Wildman–Crippen LogP) is 0.922. The number of carbonyl (C=O) groups is 3. The van der Waals surface area contributed by atoms with Gasteiger partial charge in [-0.3, -0.25) is 9.59 Å². The molecule has 23 heavy (non-hydrogen) atoms. The summed E-state index contributed by atoms with van der Waals surface area (Å²) in [6.07, 6.45) is 0. The normalized spacial score (nSPS) is 10.5. The summed E-state index contributed by atoms with van der Waals surface area (Å²) in [5.74, 6) is -0.925. The lowest BCUT2D eigenvalue weighted by atomic mass is 10.2. The van der Waals surface area contributed by atoms with Gasteiger partial charge in [-0.25, -0.2) is 4.79 Å². The minimum atomic E-state index is -0.399. The first-order chi connectivity index (χ1) is 10.8. The zero-order chi connectivity index (χ0) is 17.6. The molecule has 1 heterocycles. The van der Waals surface area contributed by atoms with Crippen molar-refractivity contribution < 1.29 is 19.1 Å². The molecule has 1 aromatic heterocycles. The van der Waals surface area contributed by atoms with Crippen LogP contribution in [0.4, 0.5) is 0 Å². The van der Waals surface area contributed by atoms with E-state index in [1.54, 1.807) is 24.5 Å². The predicted molar refractivity (Wildman–Crippen MR) is 86.2 cm³/mol. The maximum absolute atomic E-state index is 12.0. The number of aromatic nitrogens is 1. The fraction of sp³-hybridized carbons (Fsp3) is 0.562. The van der Waals surface area contributed by atoms with Crippen LogP contribution in [0.5, 0.6) is 0 Å². The highest BCUT2D eigenvalue weighted by Gasteiger charge is 2.18. The summed E-state index contributed by atoms with van der Waals surface area (Å²) in [6, 6.07) is 1.73. The van der Waals surface area contributed by atoms with E-state index in [1.165, 1.54) is 0 Å². The molecule has 2 N–H and O–H groups in total. The molecule has 0 radical (unpaired) electrons. The number of hydrogen-bond acceptors (Lipinski definition) is 4. The van der Waals surface area contributed by atoms with Crippen LogP contribution in [0.1, 0.15) is 42.5 Å². The summed E-state index contributed by atoms with van der Waals surface area (Å²) in [5, 5.41) is 5.26. The van der Waals surface area contributed by atoms with E-state index >= 15 is 0 Å². The molecule has 0 aliphatic carbocycles. The van der Waals surface area contributed by atoms with Gasteiger partial charge in [0.25, 0.3) is 0 Å². The number of aryl methyl sites for hydroxylation is 1. The molecule has 0 aliphatic rings. The second-order valence-electron chi connectivity index (χ2n) is 5.59. The van der Waals surface area contributed by atoms with Crippen LogP contribution >= 0.6 is 0 Å². The van der Waals surface area contributed by atoms with Crippen LogP contribution in [0.25, 0.3) is 0 Å². The van der Waals surface area contributed by atoms with E-state index in [4.69, 9.17) is 4.74 Å². The molecule has 0 aliphatic heterocycles. The van der Waals surface area contributed by atoms with Gasteiger partial charge in [0.1, 0.15) is 6.54 Å². The van der Waals surface area contributed by atoms with E-state index in [0.717, 1.165) is 5.69 Å². The van der Waals surface area contributed by atoms with Gasteiger partial charge in [-0.1, -0.05) is 0 Å². The van der Waals surface area contributed by atoms with Crippen molar-refractivity contribution in [3.8, 4) is 0 Å². The van der Waals surface area contributed by atoms with E-state index in [9.17, 15) is 14.4 Å². The van der Waals surface area contributed by atoms with Crippen molar-refractivity contribution in [3.05, 3.63) is 23.0 Å². The molecular weight excluding hydrogens is 298 g/mol. The largest absolute Gasteiger partial charge is 0.462 e. The number of amides is 2. The number of nitrogens with one attached hydrogen (secondary N) is 2. The smallest absolute Gasteiger partial charge is 0.339 e. The fourth-order valence-electron chi connectivity index (χ4n) is 2.21. The Morgan fingerprint density at radius 3 is 2.43 bits per heavy atom. The van der Waals surface area contributed by atoms with Gasteiger partial charge in [0.15, 0.2) is 0 Å². The molecule has 0 aromatic carbocycles. The second-order valence-corrected chi connectivity index (χ2v) is 5.59. The van der Waals surface area contributed by atoms with Crippen molar-refractivity contribution in [1.82, 2.24) is 15.2 Å². The molecule has 1 rings (SSSR count). The summed E-state index contributed by atoms with van der Waals surface area (Å²) < 4.78 is 6.72. The summed E-state index contributed by atoms with van der Waals surface area (Å²) in [4.78, 5) is 35.3. The SMILES string of the molecule is CCOC(=O)c1cc(C)n(CC(=O)NCC(=O)NC(C)C)c1C. The lowest BCUT2D eigenvalue weighted by Crippen LogP contribution is -2.40. The zero-order valence-corrected chi connectivity index (χ0v) is 14.4. The van der Waals surface area contributed by atoms with Gasteiger partial charge in [0.2, 0.25) is 11.8 Å². The summed E-state index contributed by atoms with van der Waals surface area (Å²) in [6.45, 7) is 9.30. The van der Waals surface area contributed by atoms with Crippen LogP contribution in [0, 0.1) is 13.8 Å². The van der Waals surface area contributed by atoms with E-state index in [1.807, 2.05) is 20.8 Å². The molecular formula is C16H25N3O4. The van der Waals surface area contributed by atoms with Crippen LogP contribution in [0.15, 0.2) is 6.07 Å². The van der Waals surface area contributed by atoms with Gasteiger partial charge >= 0.3 is 5.97 Å².